The zero-order valence-corrected chi connectivity index (χ0v) is 8.79. The van der Waals surface area contributed by atoms with Crippen LogP contribution in [0.25, 0.3) is 10.8 Å². The summed E-state index contributed by atoms with van der Waals surface area (Å²) in [5.41, 5.74) is 8.55. The standard InChI is InChI=1S/C12H11N3O/c1-13-15-9-5-6-10-11-7(9)3-2-4-8(11)12(16)14-10/h2-6,13,15H,1H3,(H,14,16). The Hall–Kier alpha value is -2.07. The third-order valence-corrected chi connectivity index (χ3v) is 2.79. The Morgan fingerprint density at radius 1 is 1.19 bits per heavy atom. The van der Waals surface area contributed by atoms with Crippen LogP contribution in [0.4, 0.5) is 11.4 Å². The second kappa shape index (κ2) is 3.21. The molecule has 2 aromatic carbocycles. The van der Waals surface area contributed by atoms with Gasteiger partial charge < -0.3 is 10.7 Å². The molecule has 0 aliphatic carbocycles. The number of carbonyl (C=O) groups is 1. The SMILES string of the molecule is CNNc1ccc2c3c(cccc13)C(=O)N2. The summed E-state index contributed by atoms with van der Waals surface area (Å²) in [5, 5.41) is 4.89. The number of carbonyl (C=O) groups excluding carboxylic acids is 1. The van der Waals surface area contributed by atoms with Crippen molar-refractivity contribution in [1.82, 2.24) is 5.43 Å². The van der Waals surface area contributed by atoms with E-state index in [9.17, 15) is 4.79 Å². The minimum absolute atomic E-state index is 0.0257. The lowest BCUT2D eigenvalue weighted by atomic mass is 10.0. The lowest BCUT2D eigenvalue weighted by Gasteiger charge is -2.08. The zero-order valence-electron chi connectivity index (χ0n) is 8.79. The molecule has 16 heavy (non-hydrogen) atoms. The first-order valence-electron chi connectivity index (χ1n) is 5.11. The number of benzene rings is 2. The number of hydrazine groups is 1. The van der Waals surface area contributed by atoms with Gasteiger partial charge in [0.05, 0.1) is 5.69 Å². The zero-order chi connectivity index (χ0) is 11.1. The van der Waals surface area contributed by atoms with Crippen molar-refractivity contribution in [2.75, 3.05) is 17.8 Å². The maximum Gasteiger partial charge on any atom is 0.256 e. The molecule has 80 valence electrons. The van der Waals surface area contributed by atoms with Gasteiger partial charge in [-0.25, -0.2) is 5.43 Å². The molecule has 3 rings (SSSR count). The number of anilines is 2. The summed E-state index contributed by atoms with van der Waals surface area (Å²) >= 11 is 0. The summed E-state index contributed by atoms with van der Waals surface area (Å²) in [6.45, 7) is 0. The van der Waals surface area contributed by atoms with Crippen molar-refractivity contribution >= 4 is 28.1 Å². The molecule has 0 atom stereocenters. The quantitative estimate of drug-likeness (QED) is 0.668. The minimum Gasteiger partial charge on any atom is -0.321 e. The van der Waals surface area contributed by atoms with Gasteiger partial charge in [-0.15, -0.1) is 0 Å². The van der Waals surface area contributed by atoms with Crippen LogP contribution in [0.15, 0.2) is 30.3 Å². The van der Waals surface area contributed by atoms with Crippen LogP contribution in [-0.2, 0) is 0 Å². The van der Waals surface area contributed by atoms with E-state index in [-0.39, 0.29) is 5.91 Å². The van der Waals surface area contributed by atoms with Gasteiger partial charge in [0.2, 0.25) is 0 Å². The number of hydrogen-bond acceptors (Lipinski definition) is 3. The van der Waals surface area contributed by atoms with Gasteiger partial charge in [-0.1, -0.05) is 12.1 Å². The highest BCUT2D eigenvalue weighted by molar-refractivity contribution is 6.25. The van der Waals surface area contributed by atoms with Crippen molar-refractivity contribution in [1.29, 1.82) is 0 Å². The van der Waals surface area contributed by atoms with Crippen molar-refractivity contribution in [3.8, 4) is 0 Å². The van der Waals surface area contributed by atoms with Gasteiger partial charge in [-0.05, 0) is 18.2 Å². The third kappa shape index (κ3) is 1.10. The molecule has 2 aromatic rings. The van der Waals surface area contributed by atoms with Crippen LogP contribution in [0.3, 0.4) is 0 Å². The van der Waals surface area contributed by atoms with E-state index in [1.807, 2.05) is 37.4 Å². The van der Waals surface area contributed by atoms with E-state index >= 15 is 0 Å². The number of hydrogen-bond donors (Lipinski definition) is 3. The molecule has 0 spiro atoms. The number of amides is 1. The van der Waals surface area contributed by atoms with Gasteiger partial charge in [0.15, 0.2) is 0 Å². The first kappa shape index (κ1) is 9.18. The van der Waals surface area contributed by atoms with Crippen LogP contribution < -0.4 is 16.2 Å². The molecule has 1 heterocycles. The Morgan fingerprint density at radius 3 is 2.88 bits per heavy atom. The van der Waals surface area contributed by atoms with Crippen LogP contribution in [0.1, 0.15) is 10.4 Å². The fraction of sp³-hybridized carbons (Fsp3) is 0.0833. The predicted molar refractivity (Wildman–Crippen MR) is 64.6 cm³/mol. The lowest BCUT2D eigenvalue weighted by Crippen LogP contribution is -2.15. The van der Waals surface area contributed by atoms with E-state index < -0.39 is 0 Å². The molecule has 0 radical (unpaired) electrons. The van der Waals surface area contributed by atoms with Gasteiger partial charge in [0.1, 0.15) is 0 Å². The maximum atomic E-state index is 11.7. The molecule has 1 amide bonds. The molecule has 4 heteroatoms. The molecule has 4 nitrogen and oxygen atoms in total. The molecule has 1 aliphatic heterocycles. The second-order valence-corrected chi connectivity index (χ2v) is 3.72. The largest absolute Gasteiger partial charge is 0.321 e. The minimum atomic E-state index is -0.0257. The molecular weight excluding hydrogens is 202 g/mol. The van der Waals surface area contributed by atoms with E-state index in [1.54, 1.807) is 0 Å². The molecular formula is C12H11N3O. The highest BCUT2D eigenvalue weighted by atomic mass is 16.1. The van der Waals surface area contributed by atoms with Crippen molar-refractivity contribution in [2.24, 2.45) is 0 Å². The maximum absolute atomic E-state index is 11.7. The lowest BCUT2D eigenvalue weighted by molar-refractivity contribution is 0.103. The van der Waals surface area contributed by atoms with Crippen LogP contribution in [0.5, 0.6) is 0 Å². The van der Waals surface area contributed by atoms with Gasteiger partial charge >= 0.3 is 0 Å². The van der Waals surface area contributed by atoms with Gasteiger partial charge in [-0.2, -0.15) is 0 Å². The van der Waals surface area contributed by atoms with E-state index in [4.69, 9.17) is 0 Å². The average Bonchev–Trinajstić information content (AvgIpc) is 2.62. The van der Waals surface area contributed by atoms with E-state index in [0.29, 0.717) is 0 Å². The molecule has 0 saturated carbocycles. The van der Waals surface area contributed by atoms with E-state index in [1.165, 1.54) is 0 Å². The Labute approximate surface area is 92.6 Å². The van der Waals surface area contributed by atoms with Gasteiger partial charge in [0.25, 0.3) is 5.91 Å². The Morgan fingerprint density at radius 2 is 2.06 bits per heavy atom. The smallest absolute Gasteiger partial charge is 0.256 e. The molecule has 0 unspecified atom stereocenters. The summed E-state index contributed by atoms with van der Waals surface area (Å²) in [6, 6.07) is 9.60. The molecule has 0 aromatic heterocycles. The van der Waals surface area contributed by atoms with Crippen LogP contribution in [0, 0.1) is 0 Å². The summed E-state index contributed by atoms with van der Waals surface area (Å²) in [7, 11) is 1.81. The Balaban J connectivity index is 2.36. The number of nitrogens with one attached hydrogen (secondary N) is 3. The predicted octanol–water partition coefficient (Wildman–Crippen LogP) is 1.95. The van der Waals surface area contributed by atoms with Crippen LogP contribution >= 0.6 is 0 Å². The summed E-state index contributed by atoms with van der Waals surface area (Å²) < 4.78 is 0. The first-order valence-corrected chi connectivity index (χ1v) is 5.11. The summed E-state index contributed by atoms with van der Waals surface area (Å²) in [5.74, 6) is -0.0257. The number of rotatable bonds is 2. The normalized spacial score (nSPS) is 12.9. The monoisotopic (exact) mass is 213 g/mol. The molecule has 0 bridgehead atoms. The highest BCUT2D eigenvalue weighted by Gasteiger charge is 2.21. The van der Waals surface area contributed by atoms with E-state index in [0.717, 1.165) is 27.7 Å². The van der Waals surface area contributed by atoms with E-state index in [2.05, 4.69) is 16.2 Å². The fourth-order valence-corrected chi connectivity index (χ4v) is 2.13. The topological polar surface area (TPSA) is 53.2 Å². The summed E-state index contributed by atoms with van der Waals surface area (Å²) in [4.78, 5) is 11.7. The van der Waals surface area contributed by atoms with Gasteiger partial charge in [-0.3, -0.25) is 4.79 Å². The third-order valence-electron chi connectivity index (χ3n) is 2.79. The first-order chi connectivity index (χ1) is 7.81. The molecule has 0 saturated heterocycles. The van der Waals surface area contributed by atoms with Crippen molar-refractivity contribution in [3.05, 3.63) is 35.9 Å². The molecule has 1 aliphatic rings. The fourth-order valence-electron chi connectivity index (χ4n) is 2.13. The van der Waals surface area contributed by atoms with Crippen molar-refractivity contribution in [3.63, 3.8) is 0 Å². The summed E-state index contributed by atoms with van der Waals surface area (Å²) in [6.07, 6.45) is 0. The highest BCUT2D eigenvalue weighted by Crippen LogP contribution is 2.36. The van der Waals surface area contributed by atoms with Crippen molar-refractivity contribution < 1.29 is 4.79 Å². The van der Waals surface area contributed by atoms with Crippen LogP contribution in [-0.4, -0.2) is 13.0 Å². The average molecular weight is 213 g/mol. The Bertz CT molecular complexity index is 592. The van der Waals surface area contributed by atoms with Gasteiger partial charge in [0, 0.05) is 29.1 Å². The molecule has 3 N–H and O–H groups in total. The second-order valence-electron chi connectivity index (χ2n) is 3.72. The Kier molecular flexibility index (Phi) is 1.84. The van der Waals surface area contributed by atoms with Crippen molar-refractivity contribution in [2.45, 2.75) is 0 Å². The van der Waals surface area contributed by atoms with Crippen LogP contribution in [0.2, 0.25) is 0 Å². The molecule has 0 fully saturated rings.